The molecule has 3 aromatic rings. The van der Waals surface area contributed by atoms with E-state index in [9.17, 15) is 13.6 Å². The molecular formula is C20H19F2N3O3S2. The van der Waals surface area contributed by atoms with E-state index in [0.717, 1.165) is 30.2 Å². The normalized spacial score (nSPS) is 16.3. The molecule has 0 spiro atoms. The number of carbonyl (C=O) groups excluding carboxylic acids is 1. The Balaban J connectivity index is 1.46. The lowest BCUT2D eigenvalue weighted by Gasteiger charge is -2.14. The van der Waals surface area contributed by atoms with E-state index in [1.54, 1.807) is 11.3 Å². The lowest BCUT2D eigenvalue weighted by molar-refractivity contribution is -0.0498. The van der Waals surface area contributed by atoms with Crippen LogP contribution in [0.25, 0.3) is 10.7 Å². The van der Waals surface area contributed by atoms with E-state index in [1.165, 1.54) is 36.0 Å². The number of carbonyl (C=O) groups is 1. The zero-order valence-corrected chi connectivity index (χ0v) is 17.5. The number of thioether (sulfide) groups is 1. The molecule has 0 amide bonds. The number of ether oxygens (including phenoxy) is 2. The predicted molar refractivity (Wildman–Crippen MR) is 110 cm³/mol. The number of benzene rings is 1. The zero-order valence-electron chi connectivity index (χ0n) is 15.9. The average Bonchev–Trinajstić information content (AvgIpc) is 3.49. The summed E-state index contributed by atoms with van der Waals surface area (Å²) in [5.41, 5.74) is 0.424. The molecule has 0 aliphatic carbocycles. The van der Waals surface area contributed by atoms with Gasteiger partial charge < -0.3 is 9.47 Å². The van der Waals surface area contributed by atoms with Gasteiger partial charge >= 0.3 is 6.61 Å². The highest BCUT2D eigenvalue weighted by atomic mass is 32.2. The number of ketones is 1. The molecule has 1 fully saturated rings. The molecule has 0 N–H and O–H groups in total. The van der Waals surface area contributed by atoms with Crippen LogP contribution in [0.1, 0.15) is 23.2 Å². The number of hydrogen-bond acceptors (Lipinski definition) is 7. The molecule has 1 aliphatic rings. The summed E-state index contributed by atoms with van der Waals surface area (Å²) < 4.78 is 36.6. The Morgan fingerprint density at radius 1 is 1.30 bits per heavy atom. The van der Waals surface area contributed by atoms with Gasteiger partial charge in [0.15, 0.2) is 16.8 Å². The third kappa shape index (κ3) is 5.05. The highest BCUT2D eigenvalue weighted by Crippen LogP contribution is 2.29. The number of nitrogens with zero attached hydrogens (tertiary/aromatic N) is 3. The molecular weight excluding hydrogens is 432 g/mol. The second kappa shape index (κ2) is 9.67. The van der Waals surface area contributed by atoms with Crippen LogP contribution in [0.2, 0.25) is 0 Å². The molecule has 0 bridgehead atoms. The summed E-state index contributed by atoms with van der Waals surface area (Å²) >= 11 is 2.89. The van der Waals surface area contributed by atoms with Crippen LogP contribution in [0.15, 0.2) is 46.9 Å². The number of hydrogen-bond donors (Lipinski definition) is 0. The highest BCUT2D eigenvalue weighted by molar-refractivity contribution is 7.99. The lowest BCUT2D eigenvalue weighted by Crippen LogP contribution is -2.17. The molecule has 0 saturated carbocycles. The van der Waals surface area contributed by atoms with Crippen molar-refractivity contribution in [1.82, 2.24) is 14.8 Å². The quantitative estimate of drug-likeness (QED) is 0.345. The van der Waals surface area contributed by atoms with Gasteiger partial charge in [0.1, 0.15) is 5.75 Å². The molecule has 1 aromatic carbocycles. The van der Waals surface area contributed by atoms with E-state index >= 15 is 0 Å². The molecule has 158 valence electrons. The van der Waals surface area contributed by atoms with Crippen LogP contribution in [-0.4, -0.2) is 45.6 Å². The number of rotatable bonds is 9. The first-order valence-corrected chi connectivity index (χ1v) is 11.3. The van der Waals surface area contributed by atoms with Gasteiger partial charge in [0, 0.05) is 12.2 Å². The minimum Gasteiger partial charge on any atom is -0.435 e. The zero-order chi connectivity index (χ0) is 20.9. The molecule has 1 unspecified atom stereocenters. The second-order valence-corrected chi connectivity index (χ2v) is 8.53. The van der Waals surface area contributed by atoms with Crippen molar-refractivity contribution in [1.29, 1.82) is 0 Å². The number of halogens is 2. The molecule has 6 nitrogen and oxygen atoms in total. The Labute approximate surface area is 180 Å². The van der Waals surface area contributed by atoms with Gasteiger partial charge in [0.25, 0.3) is 0 Å². The maximum atomic E-state index is 12.6. The third-order valence-corrected chi connectivity index (χ3v) is 6.43. The summed E-state index contributed by atoms with van der Waals surface area (Å²) in [5.74, 6) is 0.811. The molecule has 1 aliphatic heterocycles. The number of thiophene rings is 1. The van der Waals surface area contributed by atoms with Gasteiger partial charge in [0.2, 0.25) is 0 Å². The molecule has 4 rings (SSSR count). The Hall–Kier alpha value is -2.30. The van der Waals surface area contributed by atoms with Crippen molar-refractivity contribution in [2.24, 2.45) is 0 Å². The van der Waals surface area contributed by atoms with Crippen LogP contribution < -0.4 is 4.74 Å². The van der Waals surface area contributed by atoms with Crippen LogP contribution in [0.5, 0.6) is 5.75 Å². The number of alkyl halides is 2. The van der Waals surface area contributed by atoms with Crippen molar-refractivity contribution in [3.8, 4) is 16.5 Å². The van der Waals surface area contributed by atoms with E-state index < -0.39 is 6.61 Å². The topological polar surface area (TPSA) is 66.2 Å². The maximum Gasteiger partial charge on any atom is 0.387 e. The van der Waals surface area contributed by atoms with E-state index in [-0.39, 0.29) is 23.4 Å². The largest absolute Gasteiger partial charge is 0.435 e. The van der Waals surface area contributed by atoms with Gasteiger partial charge in [-0.2, -0.15) is 8.78 Å². The summed E-state index contributed by atoms with van der Waals surface area (Å²) in [7, 11) is 0. The summed E-state index contributed by atoms with van der Waals surface area (Å²) in [6, 6.07) is 9.63. The fourth-order valence-electron chi connectivity index (χ4n) is 3.18. The summed E-state index contributed by atoms with van der Waals surface area (Å²) in [6.45, 7) is -1.50. The Kier molecular flexibility index (Phi) is 6.76. The summed E-state index contributed by atoms with van der Waals surface area (Å²) in [6.07, 6.45) is 2.13. The minimum absolute atomic E-state index is 0.0195. The fourth-order valence-corrected chi connectivity index (χ4v) is 4.74. The van der Waals surface area contributed by atoms with Crippen molar-refractivity contribution in [2.45, 2.75) is 37.3 Å². The van der Waals surface area contributed by atoms with Gasteiger partial charge in [-0.25, -0.2) is 0 Å². The van der Waals surface area contributed by atoms with Crippen molar-refractivity contribution < 1.29 is 23.0 Å². The fraction of sp³-hybridized carbons (Fsp3) is 0.350. The highest BCUT2D eigenvalue weighted by Gasteiger charge is 2.22. The van der Waals surface area contributed by atoms with Gasteiger partial charge in [-0.05, 0) is 48.6 Å². The van der Waals surface area contributed by atoms with Crippen molar-refractivity contribution in [2.75, 3.05) is 12.4 Å². The SMILES string of the molecule is O=C(CSc1nnc(-c2cccs2)n1CC1CCCO1)c1ccc(OC(F)F)cc1. The van der Waals surface area contributed by atoms with Gasteiger partial charge in [0.05, 0.1) is 23.3 Å². The molecule has 1 atom stereocenters. The first-order valence-electron chi connectivity index (χ1n) is 9.39. The van der Waals surface area contributed by atoms with E-state index in [4.69, 9.17) is 4.74 Å². The van der Waals surface area contributed by atoms with E-state index in [1.807, 2.05) is 22.1 Å². The lowest BCUT2D eigenvalue weighted by atomic mass is 10.1. The van der Waals surface area contributed by atoms with Crippen LogP contribution in [0.4, 0.5) is 8.78 Å². The molecule has 3 heterocycles. The van der Waals surface area contributed by atoms with Crippen LogP contribution in [0, 0.1) is 0 Å². The minimum atomic E-state index is -2.89. The number of Topliss-reactive ketones (excluding diaryl/α,β-unsaturated/α-hetero) is 1. The average molecular weight is 452 g/mol. The van der Waals surface area contributed by atoms with Crippen molar-refractivity contribution in [3.05, 3.63) is 47.3 Å². The van der Waals surface area contributed by atoms with Gasteiger partial charge in [-0.3, -0.25) is 9.36 Å². The summed E-state index contributed by atoms with van der Waals surface area (Å²) in [5, 5.41) is 11.3. The summed E-state index contributed by atoms with van der Waals surface area (Å²) in [4.78, 5) is 13.6. The Morgan fingerprint density at radius 2 is 2.13 bits per heavy atom. The van der Waals surface area contributed by atoms with Crippen molar-refractivity contribution in [3.63, 3.8) is 0 Å². The standard InChI is InChI=1S/C20H19F2N3O3S2/c21-19(22)28-14-7-5-13(6-8-14)16(26)12-30-20-24-23-18(17-4-2-10-29-17)25(20)11-15-3-1-9-27-15/h2,4-8,10,15,19H,1,3,9,11-12H2. The molecule has 10 heteroatoms. The van der Waals surface area contributed by atoms with Crippen LogP contribution in [-0.2, 0) is 11.3 Å². The molecule has 0 radical (unpaired) electrons. The van der Waals surface area contributed by atoms with Gasteiger partial charge in [-0.15, -0.1) is 21.5 Å². The van der Waals surface area contributed by atoms with Gasteiger partial charge in [-0.1, -0.05) is 17.8 Å². The van der Waals surface area contributed by atoms with Crippen LogP contribution in [0.3, 0.4) is 0 Å². The second-order valence-electron chi connectivity index (χ2n) is 6.64. The van der Waals surface area contributed by atoms with Crippen molar-refractivity contribution >= 4 is 28.9 Å². The third-order valence-electron chi connectivity index (χ3n) is 4.60. The smallest absolute Gasteiger partial charge is 0.387 e. The monoisotopic (exact) mass is 451 g/mol. The first-order chi connectivity index (χ1) is 14.6. The van der Waals surface area contributed by atoms with E-state index in [0.29, 0.717) is 17.3 Å². The Morgan fingerprint density at radius 3 is 2.80 bits per heavy atom. The molecule has 2 aromatic heterocycles. The molecule has 30 heavy (non-hydrogen) atoms. The van der Waals surface area contributed by atoms with Crippen LogP contribution >= 0.6 is 23.1 Å². The maximum absolute atomic E-state index is 12.6. The number of aromatic nitrogens is 3. The first kappa shape index (κ1) is 21.0. The molecule has 1 saturated heterocycles. The Bertz CT molecular complexity index is 972. The predicted octanol–water partition coefficient (Wildman–Crippen LogP) is 4.76. The van der Waals surface area contributed by atoms with E-state index in [2.05, 4.69) is 14.9 Å².